The van der Waals surface area contributed by atoms with Gasteiger partial charge in [0.25, 0.3) is 0 Å². The fraction of sp³-hybridized carbons (Fsp3) is 0.143. The summed E-state index contributed by atoms with van der Waals surface area (Å²) >= 11 is 0. The molecule has 2 aromatic carbocycles. The third-order valence-electron chi connectivity index (χ3n) is 2.58. The lowest BCUT2D eigenvalue weighted by atomic mass is 9.99. The Kier molecular flexibility index (Phi) is 3.34. The van der Waals surface area contributed by atoms with E-state index in [0.29, 0.717) is 0 Å². The maximum Gasteiger partial charge on any atom is 0.109 e. The van der Waals surface area contributed by atoms with Gasteiger partial charge in [-0.3, -0.25) is 0 Å². The Morgan fingerprint density at radius 3 is 1.19 bits per heavy atom. The third-order valence-corrected chi connectivity index (χ3v) is 2.58. The Morgan fingerprint density at radius 1 is 0.562 bits per heavy atom. The van der Waals surface area contributed by atoms with Gasteiger partial charge in [0.1, 0.15) is 12.2 Å². The molecule has 0 fully saturated rings. The van der Waals surface area contributed by atoms with Gasteiger partial charge in [0, 0.05) is 0 Å². The van der Waals surface area contributed by atoms with Gasteiger partial charge in [-0.2, -0.15) is 0 Å². The van der Waals surface area contributed by atoms with Gasteiger partial charge < -0.3 is 10.2 Å². The first-order valence-corrected chi connectivity index (χ1v) is 5.25. The minimum Gasteiger partial charge on any atom is -0.385 e. The number of benzene rings is 2. The highest BCUT2D eigenvalue weighted by Crippen LogP contribution is 2.27. The number of hydrogen-bond donors (Lipinski definition) is 2. The van der Waals surface area contributed by atoms with Crippen molar-refractivity contribution in [2.75, 3.05) is 0 Å². The molecule has 0 bridgehead atoms. The Labute approximate surface area is 94.8 Å². The molecule has 0 aromatic heterocycles. The van der Waals surface area contributed by atoms with Gasteiger partial charge in [0.05, 0.1) is 0 Å². The Bertz CT molecular complexity index is 382. The minimum atomic E-state index is -0.886. The van der Waals surface area contributed by atoms with Crippen LogP contribution in [0.5, 0.6) is 0 Å². The lowest BCUT2D eigenvalue weighted by Crippen LogP contribution is -2.09. The summed E-state index contributed by atoms with van der Waals surface area (Å²) in [6.45, 7) is 0. The summed E-state index contributed by atoms with van der Waals surface area (Å²) < 4.78 is 0. The summed E-state index contributed by atoms with van der Waals surface area (Å²) in [4.78, 5) is 0. The van der Waals surface area contributed by atoms with E-state index in [1.165, 1.54) is 0 Å². The van der Waals surface area contributed by atoms with Gasteiger partial charge in [-0.1, -0.05) is 60.7 Å². The smallest absolute Gasteiger partial charge is 0.109 e. The highest BCUT2D eigenvalue weighted by atomic mass is 16.3. The topological polar surface area (TPSA) is 40.5 Å². The molecule has 16 heavy (non-hydrogen) atoms. The van der Waals surface area contributed by atoms with Crippen molar-refractivity contribution in [3.05, 3.63) is 71.8 Å². The number of aliphatic hydroxyl groups is 2. The number of rotatable bonds is 3. The maximum absolute atomic E-state index is 9.99. The van der Waals surface area contributed by atoms with Crippen LogP contribution in [0.3, 0.4) is 0 Å². The van der Waals surface area contributed by atoms with Crippen molar-refractivity contribution in [2.45, 2.75) is 12.2 Å². The van der Waals surface area contributed by atoms with E-state index in [4.69, 9.17) is 0 Å². The molecule has 2 heteroatoms. The normalized spacial score (nSPS) is 14.4. The minimum absolute atomic E-state index is 0.721. The average Bonchev–Trinajstić information content (AvgIpc) is 2.39. The Morgan fingerprint density at radius 2 is 0.875 bits per heavy atom. The molecule has 0 saturated carbocycles. The highest BCUT2D eigenvalue weighted by molar-refractivity contribution is 5.24. The molecule has 2 nitrogen and oxygen atoms in total. The van der Waals surface area contributed by atoms with Crippen molar-refractivity contribution >= 4 is 0 Å². The second-order valence-corrected chi connectivity index (χ2v) is 3.71. The van der Waals surface area contributed by atoms with Crippen LogP contribution in [0.15, 0.2) is 60.7 Å². The number of hydrogen-bond acceptors (Lipinski definition) is 2. The molecular weight excluding hydrogens is 200 g/mol. The second-order valence-electron chi connectivity index (χ2n) is 3.71. The van der Waals surface area contributed by atoms with E-state index in [-0.39, 0.29) is 0 Å². The van der Waals surface area contributed by atoms with Crippen LogP contribution in [0.2, 0.25) is 0 Å². The summed E-state index contributed by atoms with van der Waals surface area (Å²) in [6, 6.07) is 18.3. The van der Waals surface area contributed by atoms with Crippen LogP contribution in [-0.4, -0.2) is 10.2 Å². The van der Waals surface area contributed by atoms with Crippen LogP contribution in [0.4, 0.5) is 0 Å². The van der Waals surface area contributed by atoms with Crippen molar-refractivity contribution in [1.82, 2.24) is 0 Å². The summed E-state index contributed by atoms with van der Waals surface area (Å²) in [5.74, 6) is 0. The molecule has 0 radical (unpaired) electrons. The third kappa shape index (κ3) is 2.30. The van der Waals surface area contributed by atoms with E-state index in [2.05, 4.69) is 0 Å². The summed E-state index contributed by atoms with van der Waals surface area (Å²) in [5, 5.41) is 20.0. The van der Waals surface area contributed by atoms with E-state index in [0.717, 1.165) is 11.1 Å². The molecule has 1 unspecified atom stereocenters. The van der Waals surface area contributed by atoms with Gasteiger partial charge in [-0.25, -0.2) is 0 Å². The van der Waals surface area contributed by atoms with Crippen molar-refractivity contribution in [2.24, 2.45) is 0 Å². The molecule has 0 aliphatic heterocycles. The summed E-state index contributed by atoms with van der Waals surface area (Å²) in [5.41, 5.74) is 1.44. The zero-order valence-electron chi connectivity index (χ0n) is 8.82. The molecule has 0 amide bonds. The molecule has 82 valence electrons. The fourth-order valence-corrected chi connectivity index (χ4v) is 1.67. The van der Waals surface area contributed by atoms with Crippen molar-refractivity contribution in [1.29, 1.82) is 0 Å². The summed E-state index contributed by atoms with van der Waals surface area (Å²) in [6.07, 6.45) is -1.77. The van der Waals surface area contributed by atoms with Crippen LogP contribution < -0.4 is 0 Å². The van der Waals surface area contributed by atoms with Gasteiger partial charge in [-0.05, 0) is 11.1 Å². The standard InChI is InChI=1S/C14H14O2/c15-13(11-7-3-1-4-8-11)14(16)12-9-5-2-6-10-12/h1-10,13-16H/t13-,14?/m0/s1. The molecule has 0 aliphatic carbocycles. The molecule has 0 heterocycles. The molecular formula is C14H14O2. The first kappa shape index (κ1) is 10.9. The SMILES string of the molecule is OC(c1ccccc1)[C@@H](O)c1ccccc1. The van der Waals surface area contributed by atoms with Crippen LogP contribution >= 0.6 is 0 Å². The van der Waals surface area contributed by atoms with Gasteiger partial charge in [-0.15, -0.1) is 0 Å². The largest absolute Gasteiger partial charge is 0.385 e. The molecule has 2 atom stereocenters. The summed E-state index contributed by atoms with van der Waals surface area (Å²) in [7, 11) is 0. The average molecular weight is 214 g/mol. The Balaban J connectivity index is 2.20. The van der Waals surface area contributed by atoms with Crippen LogP contribution in [0, 0.1) is 0 Å². The predicted molar refractivity (Wildman–Crippen MR) is 62.8 cm³/mol. The monoisotopic (exact) mass is 214 g/mol. The molecule has 0 saturated heterocycles. The van der Waals surface area contributed by atoms with Crippen LogP contribution in [0.1, 0.15) is 23.3 Å². The van der Waals surface area contributed by atoms with Crippen LogP contribution in [-0.2, 0) is 0 Å². The van der Waals surface area contributed by atoms with E-state index in [1.54, 1.807) is 24.3 Å². The first-order chi connectivity index (χ1) is 7.79. The lowest BCUT2D eigenvalue weighted by Gasteiger charge is -2.18. The highest BCUT2D eigenvalue weighted by Gasteiger charge is 2.19. The quantitative estimate of drug-likeness (QED) is 0.824. The number of aliphatic hydroxyl groups excluding tert-OH is 2. The second kappa shape index (κ2) is 4.92. The van der Waals surface area contributed by atoms with Gasteiger partial charge in [0.15, 0.2) is 0 Å². The zero-order chi connectivity index (χ0) is 11.4. The van der Waals surface area contributed by atoms with E-state index < -0.39 is 12.2 Å². The fourth-order valence-electron chi connectivity index (χ4n) is 1.67. The molecule has 0 spiro atoms. The van der Waals surface area contributed by atoms with E-state index in [1.807, 2.05) is 36.4 Å². The van der Waals surface area contributed by atoms with Gasteiger partial charge >= 0.3 is 0 Å². The van der Waals surface area contributed by atoms with Gasteiger partial charge in [0.2, 0.25) is 0 Å². The van der Waals surface area contributed by atoms with Crippen molar-refractivity contribution < 1.29 is 10.2 Å². The Hall–Kier alpha value is -1.64. The predicted octanol–water partition coefficient (Wildman–Crippen LogP) is 2.45. The van der Waals surface area contributed by atoms with E-state index in [9.17, 15) is 10.2 Å². The molecule has 2 aromatic rings. The molecule has 2 N–H and O–H groups in total. The maximum atomic E-state index is 9.99. The first-order valence-electron chi connectivity index (χ1n) is 5.25. The molecule has 0 aliphatic rings. The molecule has 2 rings (SSSR count). The van der Waals surface area contributed by atoms with Crippen molar-refractivity contribution in [3.8, 4) is 0 Å². The lowest BCUT2D eigenvalue weighted by molar-refractivity contribution is 0.0172. The van der Waals surface area contributed by atoms with Crippen molar-refractivity contribution in [3.63, 3.8) is 0 Å². The van der Waals surface area contributed by atoms with Crippen LogP contribution in [0.25, 0.3) is 0 Å². The van der Waals surface area contributed by atoms with E-state index >= 15 is 0 Å². The zero-order valence-corrected chi connectivity index (χ0v) is 8.82.